The summed E-state index contributed by atoms with van der Waals surface area (Å²) in [6.45, 7) is 5.83. The summed E-state index contributed by atoms with van der Waals surface area (Å²) in [5.41, 5.74) is 3.60. The van der Waals surface area contributed by atoms with Crippen LogP contribution < -0.4 is 10.3 Å². The van der Waals surface area contributed by atoms with E-state index in [1.165, 1.54) is 0 Å². The van der Waals surface area contributed by atoms with Gasteiger partial charge in [-0.3, -0.25) is 4.79 Å². The Balaban J connectivity index is 2.54. The molecule has 0 aliphatic heterocycles. The molecule has 1 heterocycles. The van der Waals surface area contributed by atoms with Crippen LogP contribution in [-0.2, 0) is 6.42 Å². The maximum Gasteiger partial charge on any atom is 0.265 e. The maximum absolute atomic E-state index is 11.9. The smallest absolute Gasteiger partial charge is 0.265 e. The molecule has 0 unspecified atom stereocenters. The molecule has 4 nitrogen and oxygen atoms in total. The minimum Gasteiger partial charge on any atom is -0.456 e. The number of halogens is 1. The summed E-state index contributed by atoms with van der Waals surface area (Å²) in [7, 11) is 0. The van der Waals surface area contributed by atoms with Gasteiger partial charge in [0.05, 0.1) is 0 Å². The molecule has 0 atom stereocenters. The Bertz CT molecular complexity index is 702. The van der Waals surface area contributed by atoms with Crippen LogP contribution in [0.1, 0.15) is 22.4 Å². The Kier molecular flexibility index (Phi) is 5.05. The van der Waals surface area contributed by atoms with Gasteiger partial charge in [0.25, 0.3) is 5.56 Å². The summed E-state index contributed by atoms with van der Waals surface area (Å²) in [5.74, 6) is 1.24. The van der Waals surface area contributed by atoms with Crippen LogP contribution in [0.25, 0.3) is 0 Å². The van der Waals surface area contributed by atoms with Crippen molar-refractivity contribution in [2.75, 3.05) is 6.61 Å². The van der Waals surface area contributed by atoms with Crippen molar-refractivity contribution in [1.29, 1.82) is 0 Å². The highest BCUT2D eigenvalue weighted by atomic mass is 127. The van der Waals surface area contributed by atoms with Crippen LogP contribution in [0.2, 0.25) is 0 Å². The van der Waals surface area contributed by atoms with E-state index >= 15 is 0 Å². The van der Waals surface area contributed by atoms with Gasteiger partial charge in [0, 0.05) is 24.3 Å². The molecule has 0 radical (unpaired) electrons. The number of ether oxygens (including phenoxy) is 1. The van der Waals surface area contributed by atoms with E-state index in [1.54, 1.807) is 0 Å². The van der Waals surface area contributed by atoms with Crippen LogP contribution in [0.5, 0.6) is 11.5 Å². The Hall–Kier alpha value is -1.34. The van der Waals surface area contributed by atoms with Crippen LogP contribution >= 0.6 is 22.6 Å². The zero-order valence-electron chi connectivity index (χ0n) is 12.3. The van der Waals surface area contributed by atoms with Gasteiger partial charge < -0.3 is 14.8 Å². The first-order valence-electron chi connectivity index (χ1n) is 6.70. The molecule has 0 aliphatic rings. The number of aryl methyl sites for hydroxylation is 3. The maximum atomic E-state index is 11.9. The fourth-order valence-electron chi connectivity index (χ4n) is 2.34. The molecule has 2 N–H and O–H groups in total. The lowest BCUT2D eigenvalue weighted by Gasteiger charge is -2.15. The largest absolute Gasteiger partial charge is 0.456 e. The Morgan fingerprint density at radius 3 is 2.38 bits per heavy atom. The molecule has 21 heavy (non-hydrogen) atoms. The van der Waals surface area contributed by atoms with Crippen LogP contribution in [-0.4, -0.2) is 16.7 Å². The van der Waals surface area contributed by atoms with E-state index in [2.05, 4.69) is 11.1 Å². The molecule has 0 aliphatic carbocycles. The number of nitrogens with one attached hydrogen (secondary N) is 1. The zero-order valence-corrected chi connectivity index (χ0v) is 14.4. The third-order valence-electron chi connectivity index (χ3n) is 3.20. The molecule has 0 fully saturated rings. The molecular weight excluding hydrogens is 381 g/mol. The van der Waals surface area contributed by atoms with Gasteiger partial charge in [-0.25, -0.2) is 0 Å². The van der Waals surface area contributed by atoms with E-state index in [9.17, 15) is 9.90 Å². The van der Waals surface area contributed by atoms with E-state index in [0.717, 1.165) is 22.4 Å². The van der Waals surface area contributed by atoms with Crippen LogP contribution in [0.15, 0.2) is 23.0 Å². The Labute approximate surface area is 137 Å². The summed E-state index contributed by atoms with van der Waals surface area (Å²) in [6, 6.07) is 5.93. The topological polar surface area (TPSA) is 62.3 Å². The first-order valence-corrected chi connectivity index (χ1v) is 7.78. The molecule has 0 amide bonds. The lowest BCUT2D eigenvalue weighted by molar-refractivity contribution is 0.297. The summed E-state index contributed by atoms with van der Waals surface area (Å²) in [4.78, 5) is 14.7. The van der Waals surface area contributed by atoms with Crippen LogP contribution in [0, 0.1) is 24.3 Å². The molecule has 2 aromatic rings. The second kappa shape index (κ2) is 6.62. The molecule has 0 saturated carbocycles. The van der Waals surface area contributed by atoms with Crippen molar-refractivity contribution in [1.82, 2.24) is 4.98 Å². The lowest BCUT2D eigenvalue weighted by Crippen LogP contribution is -2.16. The Morgan fingerprint density at radius 2 is 1.81 bits per heavy atom. The summed E-state index contributed by atoms with van der Waals surface area (Å²) >= 11 is 1.98. The monoisotopic (exact) mass is 399 g/mol. The number of aromatic amines is 1. The number of pyridine rings is 1. The normalized spacial score (nSPS) is 10.7. The number of rotatable bonds is 4. The van der Waals surface area contributed by atoms with Gasteiger partial charge >= 0.3 is 0 Å². The van der Waals surface area contributed by atoms with Crippen molar-refractivity contribution in [3.8, 4) is 11.5 Å². The zero-order chi connectivity index (χ0) is 15.6. The summed E-state index contributed by atoms with van der Waals surface area (Å²) in [6.07, 6.45) is 0.443. The molecule has 1 aromatic carbocycles. The third-order valence-corrected chi connectivity index (χ3v) is 4.18. The van der Waals surface area contributed by atoms with E-state index < -0.39 is 0 Å². The fourth-order valence-corrected chi connectivity index (χ4v) is 2.91. The van der Waals surface area contributed by atoms with Crippen molar-refractivity contribution < 1.29 is 9.84 Å². The highest BCUT2D eigenvalue weighted by Gasteiger charge is 2.16. The van der Waals surface area contributed by atoms with Crippen LogP contribution in [0.4, 0.5) is 0 Å². The van der Waals surface area contributed by atoms with Crippen molar-refractivity contribution in [3.63, 3.8) is 0 Å². The summed E-state index contributed by atoms with van der Waals surface area (Å²) in [5, 5.41) is 9.23. The number of H-pyrrole nitrogens is 1. The third kappa shape index (κ3) is 3.65. The molecule has 2 rings (SSSR count). The van der Waals surface area contributed by atoms with Crippen molar-refractivity contribution in [2.24, 2.45) is 0 Å². The van der Waals surface area contributed by atoms with E-state index in [4.69, 9.17) is 4.74 Å². The van der Waals surface area contributed by atoms with Gasteiger partial charge in [0.15, 0.2) is 5.75 Å². The van der Waals surface area contributed by atoms with Crippen molar-refractivity contribution >= 4 is 22.6 Å². The standard InChI is InChI=1S/C16H18INO3/c1-9-6-10(2)8-12(7-9)21-15-13(4-5-19)11(3)18-16(20)14(15)17/h6-8,19H,4-5H2,1-3H3,(H,18,20). The molecule has 5 heteroatoms. The quantitative estimate of drug-likeness (QED) is 0.777. The second-order valence-corrected chi connectivity index (χ2v) is 6.18. The predicted octanol–water partition coefficient (Wildman–Crippen LogP) is 3.23. The number of aliphatic hydroxyl groups is 1. The Morgan fingerprint density at radius 1 is 1.19 bits per heavy atom. The van der Waals surface area contributed by atoms with Crippen molar-refractivity contribution in [3.05, 3.63) is 54.5 Å². The fraction of sp³-hybridized carbons (Fsp3) is 0.312. The number of benzene rings is 1. The van der Waals surface area contributed by atoms with Crippen molar-refractivity contribution in [2.45, 2.75) is 27.2 Å². The van der Waals surface area contributed by atoms with E-state index in [1.807, 2.05) is 55.5 Å². The van der Waals surface area contributed by atoms with Gasteiger partial charge in [-0.2, -0.15) is 0 Å². The first kappa shape index (κ1) is 16.0. The molecule has 0 spiro atoms. The average Bonchev–Trinajstić information content (AvgIpc) is 2.39. The minimum absolute atomic E-state index is 0.00612. The second-order valence-electron chi connectivity index (χ2n) is 5.10. The molecule has 0 bridgehead atoms. The minimum atomic E-state index is -0.172. The molecule has 1 aromatic heterocycles. The van der Waals surface area contributed by atoms with E-state index in [0.29, 0.717) is 21.5 Å². The van der Waals surface area contributed by atoms with Crippen LogP contribution in [0.3, 0.4) is 0 Å². The number of aliphatic hydroxyl groups excluding tert-OH is 1. The average molecular weight is 399 g/mol. The van der Waals surface area contributed by atoms with Gasteiger partial charge in [-0.15, -0.1) is 0 Å². The lowest BCUT2D eigenvalue weighted by atomic mass is 10.1. The van der Waals surface area contributed by atoms with E-state index in [-0.39, 0.29) is 12.2 Å². The first-order chi connectivity index (χ1) is 9.92. The molecule has 0 saturated heterocycles. The molecule has 112 valence electrons. The summed E-state index contributed by atoms with van der Waals surface area (Å²) < 4.78 is 6.48. The predicted molar refractivity (Wildman–Crippen MR) is 91.3 cm³/mol. The number of aromatic nitrogens is 1. The van der Waals surface area contributed by atoms with Gasteiger partial charge in [-0.1, -0.05) is 6.07 Å². The van der Waals surface area contributed by atoms with Gasteiger partial charge in [0.2, 0.25) is 0 Å². The highest BCUT2D eigenvalue weighted by molar-refractivity contribution is 14.1. The van der Waals surface area contributed by atoms with Gasteiger partial charge in [0.1, 0.15) is 9.32 Å². The SMILES string of the molecule is Cc1cc(C)cc(Oc2c(CCO)c(C)[nH]c(=O)c2I)c1. The van der Waals surface area contributed by atoms with Gasteiger partial charge in [-0.05, 0) is 66.6 Å². The number of hydrogen-bond acceptors (Lipinski definition) is 3. The highest BCUT2D eigenvalue weighted by Crippen LogP contribution is 2.31. The number of hydrogen-bond donors (Lipinski definition) is 2. The molecular formula is C16H18INO3.